The Labute approximate surface area is 154 Å². The summed E-state index contributed by atoms with van der Waals surface area (Å²) in [5, 5.41) is 11.2. The molecule has 11 heteroatoms. The maximum absolute atomic E-state index is 11.1. The van der Waals surface area contributed by atoms with Crippen LogP contribution in [0.1, 0.15) is 5.56 Å². The normalized spacial score (nSPS) is 12.8. The van der Waals surface area contributed by atoms with Crippen LogP contribution in [0.5, 0.6) is 5.06 Å². The largest absolute Gasteiger partial charge is 0.410 e. The van der Waals surface area contributed by atoms with Crippen LogP contribution >= 0.6 is 22.9 Å². The van der Waals surface area contributed by atoms with Crippen molar-refractivity contribution in [3.05, 3.63) is 21.5 Å². The lowest BCUT2D eigenvalue weighted by atomic mass is 10.1. The van der Waals surface area contributed by atoms with Gasteiger partial charge in [0.05, 0.1) is 21.3 Å². The SMILES string of the molecule is N#Cc1c(N)nc2sc(OC(N)=O)c(N)c2c1N1C=c2cnsc2=CC1. The minimum Gasteiger partial charge on any atom is -0.397 e. The molecule has 0 atom stereocenters. The van der Waals surface area contributed by atoms with Gasteiger partial charge in [-0.05, 0) is 17.6 Å². The van der Waals surface area contributed by atoms with Crippen LogP contribution in [-0.2, 0) is 0 Å². The van der Waals surface area contributed by atoms with Crippen molar-refractivity contribution in [3.8, 4) is 11.1 Å². The minimum absolute atomic E-state index is 0.0736. The molecule has 6 N–H and O–H groups in total. The Morgan fingerprint density at radius 3 is 2.96 bits per heavy atom. The van der Waals surface area contributed by atoms with Gasteiger partial charge in [0.15, 0.2) is 0 Å². The molecule has 1 aliphatic heterocycles. The molecular formula is C15H11N7O2S2. The second-order valence-electron chi connectivity index (χ2n) is 5.37. The van der Waals surface area contributed by atoms with E-state index in [0.29, 0.717) is 22.4 Å². The van der Waals surface area contributed by atoms with E-state index in [2.05, 4.69) is 15.4 Å². The van der Waals surface area contributed by atoms with E-state index in [1.807, 2.05) is 17.2 Å². The van der Waals surface area contributed by atoms with Crippen LogP contribution in [0.3, 0.4) is 0 Å². The van der Waals surface area contributed by atoms with Gasteiger partial charge in [-0.2, -0.15) is 9.64 Å². The highest BCUT2D eigenvalue weighted by molar-refractivity contribution is 7.21. The Morgan fingerprint density at radius 1 is 1.42 bits per heavy atom. The second-order valence-corrected chi connectivity index (χ2v) is 7.16. The molecule has 0 saturated heterocycles. The maximum atomic E-state index is 11.1. The monoisotopic (exact) mass is 385 g/mol. The summed E-state index contributed by atoms with van der Waals surface area (Å²) in [6.45, 7) is 0.504. The summed E-state index contributed by atoms with van der Waals surface area (Å²) in [6.07, 6.45) is 4.64. The van der Waals surface area contributed by atoms with Crippen LogP contribution in [0.25, 0.3) is 22.5 Å². The van der Waals surface area contributed by atoms with E-state index in [9.17, 15) is 10.1 Å². The van der Waals surface area contributed by atoms with Crippen molar-refractivity contribution in [2.45, 2.75) is 0 Å². The number of hydrogen-bond donors (Lipinski definition) is 3. The van der Waals surface area contributed by atoms with E-state index in [1.165, 1.54) is 11.5 Å². The van der Waals surface area contributed by atoms with Crippen molar-refractivity contribution < 1.29 is 9.53 Å². The number of nitrogens with zero attached hydrogens (tertiary/aromatic N) is 4. The molecule has 0 aliphatic carbocycles. The predicted octanol–water partition coefficient (Wildman–Crippen LogP) is 0.285. The molecule has 1 aliphatic rings. The zero-order valence-corrected chi connectivity index (χ0v) is 14.7. The first-order chi connectivity index (χ1) is 12.5. The van der Waals surface area contributed by atoms with Gasteiger partial charge >= 0.3 is 6.09 Å². The van der Waals surface area contributed by atoms with Gasteiger partial charge in [0.25, 0.3) is 0 Å². The molecule has 0 unspecified atom stereocenters. The lowest BCUT2D eigenvalue weighted by molar-refractivity contribution is 0.212. The van der Waals surface area contributed by atoms with E-state index in [-0.39, 0.29) is 22.1 Å². The van der Waals surface area contributed by atoms with Crippen LogP contribution in [-0.4, -0.2) is 22.0 Å². The number of hydrogen-bond acceptors (Lipinski definition) is 10. The number of ether oxygens (including phenoxy) is 1. The molecule has 0 saturated carbocycles. The van der Waals surface area contributed by atoms with E-state index in [4.69, 9.17) is 21.9 Å². The number of rotatable bonds is 2. The fourth-order valence-electron chi connectivity index (χ4n) is 2.76. The van der Waals surface area contributed by atoms with E-state index >= 15 is 0 Å². The number of carbonyl (C=O) groups is 1. The van der Waals surface area contributed by atoms with E-state index in [0.717, 1.165) is 21.1 Å². The molecular weight excluding hydrogens is 374 g/mol. The average molecular weight is 385 g/mol. The molecule has 4 heterocycles. The van der Waals surface area contributed by atoms with Gasteiger partial charge in [-0.1, -0.05) is 11.3 Å². The summed E-state index contributed by atoms with van der Waals surface area (Å²) in [5.74, 6) is 0.0736. The average Bonchev–Trinajstić information content (AvgIpc) is 3.17. The quantitative estimate of drug-likeness (QED) is 0.568. The zero-order valence-electron chi connectivity index (χ0n) is 13.1. The predicted molar refractivity (Wildman–Crippen MR) is 101 cm³/mol. The number of amides is 1. The van der Waals surface area contributed by atoms with E-state index in [1.54, 1.807) is 6.20 Å². The Bertz CT molecular complexity index is 1220. The lowest BCUT2D eigenvalue weighted by Gasteiger charge is -2.23. The zero-order chi connectivity index (χ0) is 18.4. The van der Waals surface area contributed by atoms with Crippen LogP contribution < -0.4 is 36.6 Å². The van der Waals surface area contributed by atoms with E-state index < -0.39 is 6.09 Å². The molecule has 0 spiro atoms. The van der Waals surface area contributed by atoms with Crippen LogP contribution in [0.4, 0.5) is 22.0 Å². The van der Waals surface area contributed by atoms with Gasteiger partial charge in [-0.25, -0.2) is 9.78 Å². The maximum Gasteiger partial charge on any atom is 0.410 e. The minimum atomic E-state index is -0.981. The Hall–Kier alpha value is -3.36. The van der Waals surface area contributed by atoms with Crippen molar-refractivity contribution in [3.63, 3.8) is 0 Å². The van der Waals surface area contributed by atoms with Gasteiger partial charge in [-0.15, -0.1) is 0 Å². The Kier molecular flexibility index (Phi) is 3.64. The fourth-order valence-corrected chi connectivity index (χ4v) is 4.36. The number of anilines is 3. The van der Waals surface area contributed by atoms with Crippen molar-refractivity contribution in [1.29, 1.82) is 5.26 Å². The number of primary amides is 1. The molecule has 0 fully saturated rings. The van der Waals surface area contributed by atoms with Gasteiger partial charge < -0.3 is 26.8 Å². The topological polar surface area (TPSA) is 157 Å². The van der Waals surface area contributed by atoms with Crippen LogP contribution in [0, 0.1) is 11.3 Å². The first-order valence-electron chi connectivity index (χ1n) is 7.27. The number of pyridine rings is 1. The summed E-state index contributed by atoms with van der Waals surface area (Å²) in [7, 11) is 0. The van der Waals surface area contributed by atoms with Crippen molar-refractivity contribution >= 4 is 68.6 Å². The summed E-state index contributed by atoms with van der Waals surface area (Å²) in [5.41, 5.74) is 18.1. The summed E-state index contributed by atoms with van der Waals surface area (Å²) >= 11 is 2.44. The summed E-state index contributed by atoms with van der Waals surface area (Å²) in [6, 6.07) is 2.09. The third-order valence-electron chi connectivity index (χ3n) is 3.83. The van der Waals surface area contributed by atoms with Crippen LogP contribution in [0.15, 0.2) is 6.20 Å². The molecule has 130 valence electrons. The Morgan fingerprint density at radius 2 is 2.23 bits per heavy atom. The van der Waals surface area contributed by atoms with Gasteiger partial charge in [0.1, 0.15) is 22.3 Å². The fraction of sp³-hybridized carbons (Fsp3) is 0.0667. The van der Waals surface area contributed by atoms with Crippen LogP contribution in [0.2, 0.25) is 0 Å². The lowest BCUT2D eigenvalue weighted by Crippen LogP contribution is -2.32. The third kappa shape index (κ3) is 2.40. The highest BCUT2D eigenvalue weighted by atomic mass is 32.1. The number of nitrogen functional groups attached to an aromatic ring is 2. The molecule has 0 radical (unpaired) electrons. The molecule has 4 rings (SSSR count). The highest BCUT2D eigenvalue weighted by Gasteiger charge is 2.25. The molecule has 0 bridgehead atoms. The Balaban J connectivity index is 2.02. The molecule has 0 aromatic carbocycles. The molecule has 3 aromatic heterocycles. The van der Waals surface area contributed by atoms with Gasteiger partial charge in [0, 0.05) is 24.2 Å². The third-order valence-corrected chi connectivity index (χ3v) is 5.62. The molecule has 3 aromatic rings. The standard InChI is InChI=1S/C15H11N7O2S2/c16-3-7-11(22-2-1-8-6(5-22)4-20-26-8)9-10(17)14(24-15(19)23)25-13(9)21-12(7)18/h1,4-5H,2,17H2,(H2,18,21)(H2,19,23). The van der Waals surface area contributed by atoms with Crippen molar-refractivity contribution in [2.24, 2.45) is 5.73 Å². The van der Waals surface area contributed by atoms with Gasteiger partial charge in [-0.3, -0.25) is 0 Å². The smallest absolute Gasteiger partial charge is 0.397 e. The molecule has 1 amide bonds. The number of aromatic nitrogens is 2. The summed E-state index contributed by atoms with van der Waals surface area (Å²) in [4.78, 5) is 17.6. The second kappa shape index (κ2) is 5.87. The van der Waals surface area contributed by atoms with Gasteiger partial charge in [0.2, 0.25) is 5.06 Å². The first-order valence-corrected chi connectivity index (χ1v) is 8.86. The number of nitrogens with two attached hydrogens (primary N) is 3. The summed E-state index contributed by atoms with van der Waals surface area (Å²) < 4.78 is 10.2. The number of carbonyl (C=O) groups excluding carboxylic acids is 1. The molecule has 9 nitrogen and oxygen atoms in total. The number of fused-ring (bicyclic) bond motifs is 2. The first kappa shape index (κ1) is 16.1. The van der Waals surface area contributed by atoms with Crippen molar-refractivity contribution in [2.75, 3.05) is 22.9 Å². The number of nitriles is 1. The van der Waals surface area contributed by atoms with Crippen molar-refractivity contribution in [1.82, 2.24) is 9.36 Å². The highest BCUT2D eigenvalue weighted by Crippen LogP contribution is 2.46. The number of thiophene rings is 1. The molecule has 26 heavy (non-hydrogen) atoms.